The Hall–Kier alpha value is -4.40. The Balaban J connectivity index is 1.54. The number of nitrogens with one attached hydrogen (secondary N) is 3. The number of benzene rings is 2. The van der Waals surface area contributed by atoms with Crippen LogP contribution in [-0.2, 0) is 4.79 Å². The molecule has 0 atom stereocenters. The maximum atomic E-state index is 12.6. The van der Waals surface area contributed by atoms with Crippen LogP contribution in [0, 0.1) is 0 Å². The number of hydrogen-bond acceptors (Lipinski definition) is 6. The molecule has 4 aromatic rings. The molecule has 0 unspecified atom stereocenters. The van der Waals surface area contributed by atoms with Gasteiger partial charge in [-0.25, -0.2) is 9.97 Å². The number of methoxy groups -OCH3 is 1. The molecule has 0 fully saturated rings. The lowest BCUT2D eigenvalue weighted by molar-refractivity contribution is -0.111. The van der Waals surface area contributed by atoms with E-state index in [0.29, 0.717) is 33.8 Å². The zero-order valence-corrected chi connectivity index (χ0v) is 22.5. The number of nitrogens with zero attached hydrogens (tertiary/aromatic N) is 3. The fourth-order valence-corrected chi connectivity index (χ4v) is 4.76. The van der Waals surface area contributed by atoms with E-state index in [1.54, 1.807) is 25.5 Å². The summed E-state index contributed by atoms with van der Waals surface area (Å²) in [5, 5.41) is 7.71. The number of fused-ring (bicyclic) bond motifs is 1. The first-order valence-electron chi connectivity index (χ1n) is 12.5. The Morgan fingerprint density at radius 3 is 2.85 bits per heavy atom. The van der Waals surface area contributed by atoms with E-state index < -0.39 is 0 Å². The number of ether oxygens (including phenoxy) is 1. The lowest BCUT2D eigenvalue weighted by atomic mass is 9.97. The number of hydrogen-bond donors (Lipinski definition) is 3. The lowest BCUT2D eigenvalue weighted by Gasteiger charge is -2.24. The van der Waals surface area contributed by atoms with Crippen LogP contribution in [0.5, 0.6) is 5.75 Å². The van der Waals surface area contributed by atoms with Gasteiger partial charge in [-0.05, 0) is 37.2 Å². The SMILES string of the molecule is C=C/C=C\C(=O)Nc1cc(Nc2ncc(Cl)c(-c3c[nH]c4ccccc34)n2)c(OC)cc1C1=CCN(C)CC1. The van der Waals surface area contributed by atoms with Crippen molar-refractivity contribution in [1.29, 1.82) is 0 Å². The number of H-pyrrole nitrogens is 1. The number of carbonyl (C=O) groups is 1. The zero-order chi connectivity index (χ0) is 27.4. The summed E-state index contributed by atoms with van der Waals surface area (Å²) in [6.45, 7) is 5.39. The number of aromatic amines is 1. The summed E-state index contributed by atoms with van der Waals surface area (Å²) < 4.78 is 5.75. The molecule has 3 heterocycles. The number of halogens is 1. The Morgan fingerprint density at radius 2 is 2.08 bits per heavy atom. The molecule has 1 aliphatic rings. The van der Waals surface area contributed by atoms with Crippen molar-refractivity contribution in [1.82, 2.24) is 19.9 Å². The van der Waals surface area contributed by atoms with Crippen LogP contribution < -0.4 is 15.4 Å². The predicted molar refractivity (Wildman–Crippen MR) is 159 cm³/mol. The Labute approximate surface area is 232 Å². The quantitative estimate of drug-likeness (QED) is 0.176. The van der Waals surface area contributed by atoms with Gasteiger partial charge in [-0.15, -0.1) is 0 Å². The van der Waals surface area contributed by atoms with Gasteiger partial charge in [-0.1, -0.05) is 54.6 Å². The van der Waals surface area contributed by atoms with Crippen molar-refractivity contribution in [2.24, 2.45) is 0 Å². The fourth-order valence-electron chi connectivity index (χ4n) is 4.56. The highest BCUT2D eigenvalue weighted by Gasteiger charge is 2.19. The molecule has 1 aliphatic heterocycles. The van der Waals surface area contributed by atoms with Crippen LogP contribution in [0.25, 0.3) is 27.7 Å². The van der Waals surface area contributed by atoms with Gasteiger partial charge < -0.3 is 25.3 Å². The molecule has 8 nitrogen and oxygen atoms in total. The van der Waals surface area contributed by atoms with Crippen molar-refractivity contribution in [3.8, 4) is 17.0 Å². The molecule has 0 aliphatic carbocycles. The smallest absolute Gasteiger partial charge is 0.248 e. The standard InChI is InChI=1S/C30H29ClN6O2/c1-4-5-10-28(38)34-25-16-26(27(39-3)15-21(25)19-11-13-37(2)14-12-19)35-30-33-18-23(31)29(36-30)22-17-32-24-9-7-6-8-20(22)24/h4-11,15-18,32H,1,12-14H2,2-3H3,(H,34,38)(H,33,35,36)/b10-5-. The first-order valence-corrected chi connectivity index (χ1v) is 12.9. The Morgan fingerprint density at radius 1 is 1.23 bits per heavy atom. The van der Waals surface area contributed by atoms with Crippen molar-refractivity contribution in [2.45, 2.75) is 6.42 Å². The number of para-hydroxylation sites is 1. The number of aromatic nitrogens is 3. The fraction of sp³-hybridized carbons (Fsp3) is 0.167. The van der Waals surface area contributed by atoms with Gasteiger partial charge in [-0.3, -0.25) is 4.79 Å². The van der Waals surface area contributed by atoms with E-state index in [0.717, 1.165) is 47.1 Å². The molecule has 9 heteroatoms. The average Bonchev–Trinajstić information content (AvgIpc) is 3.38. The summed E-state index contributed by atoms with van der Waals surface area (Å²) in [4.78, 5) is 27.3. The minimum absolute atomic E-state index is 0.259. The molecule has 5 rings (SSSR count). The van der Waals surface area contributed by atoms with Crippen molar-refractivity contribution >= 4 is 51.3 Å². The van der Waals surface area contributed by atoms with E-state index in [9.17, 15) is 4.79 Å². The molecule has 198 valence electrons. The third-order valence-electron chi connectivity index (χ3n) is 6.57. The van der Waals surface area contributed by atoms with Gasteiger partial charge in [0.15, 0.2) is 0 Å². The van der Waals surface area contributed by atoms with Gasteiger partial charge in [-0.2, -0.15) is 0 Å². The molecule has 2 aromatic heterocycles. The normalized spacial score (nSPS) is 13.9. The minimum Gasteiger partial charge on any atom is -0.495 e. The van der Waals surface area contributed by atoms with Crippen LogP contribution in [0.3, 0.4) is 0 Å². The van der Waals surface area contributed by atoms with E-state index in [1.165, 1.54) is 6.08 Å². The number of carbonyl (C=O) groups excluding carboxylic acids is 1. The third-order valence-corrected chi connectivity index (χ3v) is 6.85. The van der Waals surface area contributed by atoms with E-state index in [-0.39, 0.29) is 5.91 Å². The van der Waals surface area contributed by atoms with Crippen LogP contribution in [0.2, 0.25) is 5.02 Å². The second kappa shape index (κ2) is 11.6. The van der Waals surface area contributed by atoms with E-state index in [4.69, 9.17) is 21.3 Å². The van der Waals surface area contributed by atoms with E-state index >= 15 is 0 Å². The number of amides is 1. The number of allylic oxidation sites excluding steroid dienone is 2. The van der Waals surface area contributed by atoms with E-state index in [1.807, 2.05) is 42.6 Å². The summed E-state index contributed by atoms with van der Waals surface area (Å²) in [7, 11) is 3.69. The highest BCUT2D eigenvalue weighted by Crippen LogP contribution is 2.39. The molecule has 1 amide bonds. The van der Waals surface area contributed by atoms with Crippen LogP contribution in [0.15, 0.2) is 79.7 Å². The van der Waals surface area contributed by atoms with Crippen LogP contribution >= 0.6 is 11.6 Å². The molecule has 39 heavy (non-hydrogen) atoms. The number of rotatable bonds is 8. The molecule has 3 N–H and O–H groups in total. The summed E-state index contributed by atoms with van der Waals surface area (Å²) in [5.41, 5.74) is 5.76. The van der Waals surface area contributed by atoms with Crippen molar-refractivity contribution in [2.75, 3.05) is 37.9 Å². The molecule has 2 aromatic carbocycles. The molecule has 0 saturated carbocycles. The lowest BCUT2D eigenvalue weighted by Crippen LogP contribution is -2.24. The average molecular weight is 541 g/mol. The highest BCUT2D eigenvalue weighted by atomic mass is 35.5. The molecular weight excluding hydrogens is 512 g/mol. The van der Waals surface area contributed by atoms with Gasteiger partial charge in [0.05, 0.1) is 35.4 Å². The van der Waals surface area contributed by atoms with Crippen LogP contribution in [-0.4, -0.2) is 53.0 Å². The Kier molecular flexibility index (Phi) is 7.76. The molecule has 0 spiro atoms. The first-order chi connectivity index (χ1) is 19.0. The topological polar surface area (TPSA) is 95.2 Å². The van der Waals surface area contributed by atoms with Crippen molar-refractivity contribution < 1.29 is 9.53 Å². The number of anilines is 3. The second-order valence-corrected chi connectivity index (χ2v) is 9.59. The first kappa shape index (κ1) is 26.2. The highest BCUT2D eigenvalue weighted by molar-refractivity contribution is 6.33. The van der Waals surface area contributed by atoms with Crippen LogP contribution in [0.4, 0.5) is 17.3 Å². The largest absolute Gasteiger partial charge is 0.495 e. The predicted octanol–water partition coefficient (Wildman–Crippen LogP) is 6.43. The minimum atomic E-state index is -0.259. The van der Waals surface area contributed by atoms with Gasteiger partial charge >= 0.3 is 0 Å². The van der Waals surface area contributed by atoms with Gasteiger partial charge in [0.2, 0.25) is 11.9 Å². The maximum absolute atomic E-state index is 12.6. The number of likely N-dealkylation sites (N-methyl/N-ethyl adjacent to an activating group) is 1. The zero-order valence-electron chi connectivity index (χ0n) is 21.8. The summed E-state index contributed by atoms with van der Waals surface area (Å²) in [5.74, 6) is 0.676. The van der Waals surface area contributed by atoms with Gasteiger partial charge in [0.1, 0.15) is 5.75 Å². The molecule has 0 saturated heterocycles. The van der Waals surface area contributed by atoms with Gasteiger partial charge in [0.25, 0.3) is 0 Å². The molecule has 0 radical (unpaired) electrons. The molecular formula is C30H29ClN6O2. The van der Waals surface area contributed by atoms with E-state index in [2.05, 4.69) is 45.2 Å². The van der Waals surface area contributed by atoms with Crippen molar-refractivity contribution in [3.05, 3.63) is 90.3 Å². The summed E-state index contributed by atoms with van der Waals surface area (Å²) in [6, 6.07) is 11.7. The molecule has 0 bridgehead atoms. The third kappa shape index (κ3) is 5.72. The van der Waals surface area contributed by atoms with Gasteiger partial charge in [0, 0.05) is 47.4 Å². The second-order valence-electron chi connectivity index (χ2n) is 9.19. The maximum Gasteiger partial charge on any atom is 0.248 e. The Bertz CT molecular complexity index is 1610. The summed E-state index contributed by atoms with van der Waals surface area (Å²) in [6.07, 6.45) is 11.1. The van der Waals surface area contributed by atoms with Crippen molar-refractivity contribution in [3.63, 3.8) is 0 Å². The summed E-state index contributed by atoms with van der Waals surface area (Å²) >= 11 is 6.53. The van der Waals surface area contributed by atoms with Crippen LogP contribution in [0.1, 0.15) is 12.0 Å². The monoisotopic (exact) mass is 540 g/mol.